The van der Waals surface area contributed by atoms with E-state index in [1.807, 2.05) is 0 Å². The summed E-state index contributed by atoms with van der Waals surface area (Å²) >= 11 is 7.24. The van der Waals surface area contributed by atoms with Gasteiger partial charge in [0, 0.05) is 31.3 Å². The molecule has 0 aromatic heterocycles. The van der Waals surface area contributed by atoms with Gasteiger partial charge in [-0.15, -0.1) is 11.8 Å². The van der Waals surface area contributed by atoms with Gasteiger partial charge in [0.2, 0.25) is 5.91 Å². The first-order chi connectivity index (χ1) is 10.1. The molecule has 1 fully saturated rings. The highest BCUT2D eigenvalue weighted by Gasteiger charge is 2.19. The summed E-state index contributed by atoms with van der Waals surface area (Å²) in [6.07, 6.45) is 0.326. The first-order valence-electron chi connectivity index (χ1n) is 6.51. The number of ether oxygens (including phenoxy) is 1. The van der Waals surface area contributed by atoms with Crippen LogP contribution >= 0.6 is 23.4 Å². The molecule has 0 N–H and O–H groups in total. The predicted octanol–water partition coefficient (Wildman–Crippen LogP) is 2.59. The molecule has 1 aliphatic rings. The molecule has 8 heteroatoms. The van der Waals surface area contributed by atoms with E-state index in [1.54, 1.807) is 17.0 Å². The third kappa shape index (κ3) is 4.33. The van der Waals surface area contributed by atoms with Crippen LogP contribution in [-0.4, -0.2) is 47.8 Å². The predicted molar refractivity (Wildman–Crippen MR) is 80.8 cm³/mol. The van der Waals surface area contributed by atoms with Crippen LogP contribution in [0.4, 0.5) is 5.69 Å². The topological polar surface area (TPSA) is 72.7 Å². The molecular weight excluding hydrogens is 316 g/mol. The molecule has 1 aliphatic heterocycles. The zero-order valence-corrected chi connectivity index (χ0v) is 12.9. The van der Waals surface area contributed by atoms with Gasteiger partial charge in [-0.05, 0) is 6.07 Å². The van der Waals surface area contributed by atoms with Gasteiger partial charge in [0.05, 0.1) is 23.2 Å². The molecule has 0 bridgehead atoms. The summed E-state index contributed by atoms with van der Waals surface area (Å²) in [4.78, 5) is 24.7. The number of nitro benzene ring substituents is 1. The van der Waals surface area contributed by atoms with Crippen molar-refractivity contribution in [3.63, 3.8) is 0 Å². The minimum absolute atomic E-state index is 0.0219. The number of carbonyl (C=O) groups excluding carboxylic acids is 1. The minimum atomic E-state index is -0.460. The zero-order chi connectivity index (χ0) is 15.2. The van der Waals surface area contributed by atoms with Gasteiger partial charge in [0.1, 0.15) is 4.90 Å². The molecule has 21 heavy (non-hydrogen) atoms. The zero-order valence-electron chi connectivity index (χ0n) is 11.3. The maximum atomic E-state index is 12.0. The Balaban J connectivity index is 1.91. The van der Waals surface area contributed by atoms with Gasteiger partial charge < -0.3 is 9.64 Å². The number of hydrogen-bond acceptors (Lipinski definition) is 5. The summed E-state index contributed by atoms with van der Waals surface area (Å²) in [6, 6.07) is 4.57. The molecule has 6 nitrogen and oxygen atoms in total. The molecule has 0 radical (unpaired) electrons. The van der Waals surface area contributed by atoms with E-state index in [-0.39, 0.29) is 11.6 Å². The van der Waals surface area contributed by atoms with Crippen LogP contribution in [0.15, 0.2) is 23.1 Å². The standard InChI is InChI=1S/C13H15ClN2O4S/c14-10-2-1-3-11(16(18)19)13(10)21-9-4-12(17)15-5-7-20-8-6-15/h1-3H,4-9H2. The molecule has 0 saturated carbocycles. The van der Waals surface area contributed by atoms with Crippen LogP contribution in [0.5, 0.6) is 0 Å². The molecule has 0 aliphatic carbocycles. The molecule has 0 spiro atoms. The lowest BCUT2D eigenvalue weighted by atomic mass is 10.3. The second-order valence-corrected chi connectivity index (χ2v) is 5.95. The third-order valence-electron chi connectivity index (χ3n) is 3.07. The first kappa shape index (κ1) is 16.1. The van der Waals surface area contributed by atoms with Crippen LogP contribution < -0.4 is 0 Å². The van der Waals surface area contributed by atoms with Gasteiger partial charge in [-0.25, -0.2) is 0 Å². The van der Waals surface area contributed by atoms with Crippen molar-refractivity contribution in [2.24, 2.45) is 0 Å². The third-order valence-corrected chi connectivity index (χ3v) is 4.62. The Morgan fingerprint density at radius 1 is 1.43 bits per heavy atom. The summed E-state index contributed by atoms with van der Waals surface area (Å²) in [5, 5.41) is 11.3. The van der Waals surface area contributed by atoms with Crippen LogP contribution in [0.2, 0.25) is 5.02 Å². The van der Waals surface area contributed by atoms with E-state index < -0.39 is 4.92 Å². The smallest absolute Gasteiger partial charge is 0.284 e. The van der Waals surface area contributed by atoms with Crippen molar-refractivity contribution in [1.29, 1.82) is 0 Å². The van der Waals surface area contributed by atoms with E-state index in [4.69, 9.17) is 16.3 Å². The summed E-state index contributed by atoms with van der Waals surface area (Å²) in [6.45, 7) is 2.34. The van der Waals surface area contributed by atoms with Crippen LogP contribution in [-0.2, 0) is 9.53 Å². The summed E-state index contributed by atoms with van der Waals surface area (Å²) in [5.41, 5.74) is -0.0219. The molecule has 1 aromatic rings. The molecule has 1 amide bonds. The fraction of sp³-hybridized carbons (Fsp3) is 0.462. The lowest BCUT2D eigenvalue weighted by Gasteiger charge is -2.26. The lowest BCUT2D eigenvalue weighted by molar-refractivity contribution is -0.387. The second-order valence-electron chi connectivity index (χ2n) is 4.44. The van der Waals surface area contributed by atoms with E-state index in [0.29, 0.717) is 48.4 Å². The van der Waals surface area contributed by atoms with E-state index in [1.165, 1.54) is 17.8 Å². The van der Waals surface area contributed by atoms with Crippen molar-refractivity contribution in [1.82, 2.24) is 4.90 Å². The molecular formula is C13H15ClN2O4S. The van der Waals surface area contributed by atoms with Gasteiger partial charge in [-0.1, -0.05) is 17.7 Å². The maximum absolute atomic E-state index is 12.0. The van der Waals surface area contributed by atoms with E-state index in [2.05, 4.69) is 0 Å². The number of amides is 1. The van der Waals surface area contributed by atoms with Crippen molar-refractivity contribution < 1.29 is 14.5 Å². The number of rotatable bonds is 5. The van der Waals surface area contributed by atoms with Gasteiger partial charge in [-0.2, -0.15) is 0 Å². The Hall–Kier alpha value is -1.31. The van der Waals surface area contributed by atoms with Crippen molar-refractivity contribution in [2.45, 2.75) is 11.3 Å². The number of morpholine rings is 1. The number of nitro groups is 1. The summed E-state index contributed by atoms with van der Waals surface area (Å²) in [5.74, 6) is 0.501. The number of thioether (sulfide) groups is 1. The van der Waals surface area contributed by atoms with Crippen LogP contribution in [0.3, 0.4) is 0 Å². The fourth-order valence-corrected chi connectivity index (χ4v) is 3.31. The lowest BCUT2D eigenvalue weighted by Crippen LogP contribution is -2.40. The Bertz CT molecular complexity index is 535. The highest BCUT2D eigenvalue weighted by Crippen LogP contribution is 2.35. The van der Waals surface area contributed by atoms with E-state index in [0.717, 1.165) is 0 Å². The molecule has 114 valence electrons. The van der Waals surface area contributed by atoms with Crippen molar-refractivity contribution in [3.8, 4) is 0 Å². The molecule has 1 saturated heterocycles. The van der Waals surface area contributed by atoms with Crippen molar-refractivity contribution in [3.05, 3.63) is 33.3 Å². The normalized spacial score (nSPS) is 15.0. The van der Waals surface area contributed by atoms with Gasteiger partial charge in [0.15, 0.2) is 0 Å². The van der Waals surface area contributed by atoms with Crippen molar-refractivity contribution in [2.75, 3.05) is 32.1 Å². The Kier molecular flexibility index (Phi) is 5.84. The first-order valence-corrected chi connectivity index (χ1v) is 7.87. The van der Waals surface area contributed by atoms with Crippen LogP contribution in [0.1, 0.15) is 6.42 Å². The number of hydrogen-bond donors (Lipinski definition) is 0. The Morgan fingerprint density at radius 3 is 2.81 bits per heavy atom. The number of benzene rings is 1. The summed E-state index contributed by atoms with van der Waals surface area (Å²) in [7, 11) is 0. The quantitative estimate of drug-likeness (QED) is 0.471. The average Bonchev–Trinajstić information content (AvgIpc) is 2.49. The monoisotopic (exact) mass is 330 g/mol. The number of carbonyl (C=O) groups is 1. The van der Waals surface area contributed by atoms with Gasteiger partial charge in [0.25, 0.3) is 5.69 Å². The summed E-state index contributed by atoms with van der Waals surface area (Å²) < 4.78 is 5.19. The van der Waals surface area contributed by atoms with E-state index in [9.17, 15) is 14.9 Å². The Labute approximate surface area is 131 Å². The molecule has 0 atom stereocenters. The van der Waals surface area contributed by atoms with Crippen molar-refractivity contribution >= 4 is 35.0 Å². The average molecular weight is 331 g/mol. The molecule has 1 aromatic carbocycles. The largest absolute Gasteiger partial charge is 0.378 e. The highest BCUT2D eigenvalue weighted by atomic mass is 35.5. The molecule has 2 rings (SSSR count). The number of nitrogens with zero attached hydrogens (tertiary/aromatic N) is 2. The molecule has 0 unspecified atom stereocenters. The van der Waals surface area contributed by atoms with Gasteiger partial charge in [-0.3, -0.25) is 14.9 Å². The van der Waals surface area contributed by atoms with Crippen LogP contribution in [0, 0.1) is 10.1 Å². The molecule has 1 heterocycles. The van der Waals surface area contributed by atoms with Gasteiger partial charge >= 0.3 is 0 Å². The SMILES string of the molecule is O=C(CCSc1c(Cl)cccc1[N+](=O)[O-])N1CCOCC1. The number of halogens is 1. The minimum Gasteiger partial charge on any atom is -0.378 e. The van der Waals surface area contributed by atoms with E-state index >= 15 is 0 Å². The second kappa shape index (κ2) is 7.63. The highest BCUT2D eigenvalue weighted by molar-refractivity contribution is 7.99. The fourth-order valence-electron chi connectivity index (χ4n) is 2.00. The maximum Gasteiger partial charge on any atom is 0.284 e. The van der Waals surface area contributed by atoms with Crippen LogP contribution in [0.25, 0.3) is 0 Å². The Morgan fingerprint density at radius 2 is 2.14 bits per heavy atom.